The van der Waals surface area contributed by atoms with E-state index in [0.717, 1.165) is 18.6 Å². The molecule has 0 radical (unpaired) electrons. The summed E-state index contributed by atoms with van der Waals surface area (Å²) >= 11 is 0. The summed E-state index contributed by atoms with van der Waals surface area (Å²) in [5.74, 6) is 1.04. The summed E-state index contributed by atoms with van der Waals surface area (Å²) in [6.45, 7) is 0.661. The number of rotatable bonds is 4. The molecule has 1 aliphatic heterocycles. The van der Waals surface area contributed by atoms with Crippen molar-refractivity contribution in [1.29, 1.82) is 0 Å². The molecule has 19 heavy (non-hydrogen) atoms. The number of benzene rings is 1. The second-order valence-corrected chi connectivity index (χ2v) is 7.84. The minimum atomic E-state index is -2.83. The lowest BCUT2D eigenvalue weighted by molar-refractivity contribution is 0.225. The Balaban J connectivity index is 1.73. The largest absolute Gasteiger partial charge is 0.488 e. The fraction of sp³-hybridized carbons (Fsp3) is 0.571. The summed E-state index contributed by atoms with van der Waals surface area (Å²) in [5, 5.41) is 0. The number of ether oxygens (including phenoxy) is 1. The van der Waals surface area contributed by atoms with E-state index < -0.39 is 9.84 Å². The summed E-state index contributed by atoms with van der Waals surface area (Å²) in [6.07, 6.45) is 3.30. The molecular weight excluding hydrogens is 262 g/mol. The predicted octanol–water partition coefficient (Wildman–Crippen LogP) is 1.24. The first-order chi connectivity index (χ1) is 9.03. The van der Waals surface area contributed by atoms with Crippen molar-refractivity contribution in [3.8, 4) is 5.75 Å². The van der Waals surface area contributed by atoms with Gasteiger partial charge in [-0.05, 0) is 30.5 Å². The molecule has 5 heteroatoms. The normalized spacial score (nSPS) is 24.3. The van der Waals surface area contributed by atoms with Crippen molar-refractivity contribution < 1.29 is 13.2 Å². The van der Waals surface area contributed by atoms with Crippen LogP contribution in [0.3, 0.4) is 0 Å². The Morgan fingerprint density at radius 2 is 2.05 bits per heavy atom. The van der Waals surface area contributed by atoms with Gasteiger partial charge in [0.05, 0.1) is 11.5 Å². The topological polar surface area (TPSA) is 69.4 Å². The second kappa shape index (κ2) is 4.49. The van der Waals surface area contributed by atoms with Crippen molar-refractivity contribution in [3.63, 3.8) is 0 Å². The van der Waals surface area contributed by atoms with E-state index in [9.17, 15) is 8.42 Å². The highest BCUT2D eigenvalue weighted by Gasteiger charge is 2.38. The highest BCUT2D eigenvalue weighted by atomic mass is 32.2. The molecule has 0 amide bonds. The van der Waals surface area contributed by atoms with E-state index in [-0.39, 0.29) is 23.0 Å². The fourth-order valence-electron chi connectivity index (χ4n) is 2.89. The maximum atomic E-state index is 11.1. The minimum absolute atomic E-state index is 0.116. The SMILES string of the molecule is NCC1(c2cccc(OC3CS(=O)(=O)C3)c2)CCC1. The van der Waals surface area contributed by atoms with Crippen molar-refractivity contribution in [2.45, 2.75) is 30.8 Å². The molecule has 0 aromatic heterocycles. The summed E-state index contributed by atoms with van der Waals surface area (Å²) in [5.41, 5.74) is 7.24. The molecule has 104 valence electrons. The van der Waals surface area contributed by atoms with Crippen LogP contribution < -0.4 is 10.5 Å². The highest BCUT2D eigenvalue weighted by Crippen LogP contribution is 2.43. The van der Waals surface area contributed by atoms with Crippen molar-refractivity contribution in [2.24, 2.45) is 5.73 Å². The third-order valence-electron chi connectivity index (χ3n) is 4.33. The van der Waals surface area contributed by atoms with Gasteiger partial charge in [-0.1, -0.05) is 18.6 Å². The van der Waals surface area contributed by atoms with Gasteiger partial charge in [0.1, 0.15) is 11.9 Å². The van der Waals surface area contributed by atoms with Gasteiger partial charge in [-0.2, -0.15) is 0 Å². The molecule has 1 heterocycles. The summed E-state index contributed by atoms with van der Waals surface area (Å²) in [6, 6.07) is 7.97. The van der Waals surface area contributed by atoms with Gasteiger partial charge in [0.15, 0.2) is 9.84 Å². The van der Waals surface area contributed by atoms with Crippen molar-refractivity contribution >= 4 is 9.84 Å². The first kappa shape index (κ1) is 12.9. The fourth-order valence-corrected chi connectivity index (χ4v) is 4.06. The molecule has 1 aliphatic carbocycles. The van der Waals surface area contributed by atoms with E-state index in [1.54, 1.807) is 0 Å². The third kappa shape index (κ3) is 2.37. The standard InChI is InChI=1S/C14H19NO3S/c15-10-14(5-2-6-14)11-3-1-4-12(7-11)18-13-8-19(16,17)9-13/h1,3-4,7,13H,2,5-6,8-10,15H2. The molecule has 1 saturated carbocycles. The van der Waals surface area contributed by atoms with Crippen LogP contribution in [0.1, 0.15) is 24.8 Å². The van der Waals surface area contributed by atoms with Gasteiger partial charge < -0.3 is 10.5 Å². The first-order valence-corrected chi connectivity index (χ1v) is 8.53. The second-order valence-electron chi connectivity index (χ2n) is 5.68. The Labute approximate surface area is 113 Å². The Kier molecular flexibility index (Phi) is 3.06. The Morgan fingerprint density at radius 1 is 1.32 bits per heavy atom. The van der Waals surface area contributed by atoms with Crippen molar-refractivity contribution in [2.75, 3.05) is 18.1 Å². The van der Waals surface area contributed by atoms with Crippen LogP contribution in [0.5, 0.6) is 5.75 Å². The van der Waals surface area contributed by atoms with Crippen LogP contribution >= 0.6 is 0 Å². The Bertz CT molecular complexity index is 561. The van der Waals surface area contributed by atoms with E-state index >= 15 is 0 Å². The van der Waals surface area contributed by atoms with E-state index in [4.69, 9.17) is 10.5 Å². The van der Waals surface area contributed by atoms with E-state index in [1.807, 2.05) is 18.2 Å². The Hall–Kier alpha value is -1.07. The Morgan fingerprint density at radius 3 is 2.58 bits per heavy atom. The minimum Gasteiger partial charge on any atom is -0.488 e. The van der Waals surface area contributed by atoms with Crippen LogP contribution in [-0.4, -0.2) is 32.6 Å². The molecular formula is C14H19NO3S. The number of sulfone groups is 1. The van der Waals surface area contributed by atoms with Gasteiger partial charge in [-0.15, -0.1) is 0 Å². The van der Waals surface area contributed by atoms with Gasteiger partial charge in [-0.25, -0.2) is 8.42 Å². The highest BCUT2D eigenvalue weighted by molar-refractivity contribution is 7.92. The van der Waals surface area contributed by atoms with E-state index in [1.165, 1.54) is 12.0 Å². The lowest BCUT2D eigenvalue weighted by atomic mass is 9.64. The number of nitrogens with two attached hydrogens (primary N) is 1. The average Bonchev–Trinajstić information content (AvgIpc) is 2.26. The van der Waals surface area contributed by atoms with E-state index in [2.05, 4.69) is 6.07 Å². The molecule has 1 saturated heterocycles. The van der Waals surface area contributed by atoms with Gasteiger partial charge >= 0.3 is 0 Å². The molecule has 2 aliphatic rings. The third-order valence-corrected chi connectivity index (χ3v) is 6.09. The summed E-state index contributed by atoms with van der Waals surface area (Å²) < 4.78 is 28.0. The lowest BCUT2D eigenvalue weighted by Gasteiger charge is -2.41. The molecule has 1 aromatic carbocycles. The monoisotopic (exact) mass is 281 g/mol. The average molecular weight is 281 g/mol. The predicted molar refractivity (Wildman–Crippen MR) is 74.1 cm³/mol. The molecule has 0 unspecified atom stereocenters. The molecule has 2 N–H and O–H groups in total. The molecule has 0 atom stereocenters. The van der Waals surface area contributed by atoms with Crippen LogP contribution in [0.4, 0.5) is 0 Å². The zero-order valence-electron chi connectivity index (χ0n) is 10.8. The molecule has 2 fully saturated rings. The first-order valence-electron chi connectivity index (χ1n) is 6.71. The summed E-state index contributed by atoms with van der Waals surface area (Å²) in [7, 11) is -2.83. The lowest BCUT2D eigenvalue weighted by Crippen LogP contribution is -2.45. The number of hydrogen-bond donors (Lipinski definition) is 1. The van der Waals surface area contributed by atoms with Crippen molar-refractivity contribution in [3.05, 3.63) is 29.8 Å². The van der Waals surface area contributed by atoms with Crippen LogP contribution in [0.25, 0.3) is 0 Å². The zero-order valence-corrected chi connectivity index (χ0v) is 11.7. The van der Waals surface area contributed by atoms with Gasteiger partial charge in [-0.3, -0.25) is 0 Å². The molecule has 0 spiro atoms. The quantitative estimate of drug-likeness (QED) is 0.901. The zero-order chi connectivity index (χ0) is 13.5. The van der Waals surface area contributed by atoms with Gasteiger partial charge in [0.2, 0.25) is 0 Å². The van der Waals surface area contributed by atoms with Crippen LogP contribution in [0, 0.1) is 0 Å². The van der Waals surface area contributed by atoms with Crippen LogP contribution in [0.15, 0.2) is 24.3 Å². The van der Waals surface area contributed by atoms with Crippen LogP contribution in [0.2, 0.25) is 0 Å². The molecule has 0 bridgehead atoms. The molecule has 4 nitrogen and oxygen atoms in total. The molecule has 3 rings (SSSR count). The maximum absolute atomic E-state index is 11.1. The summed E-state index contributed by atoms with van der Waals surface area (Å²) in [4.78, 5) is 0. The molecule has 1 aromatic rings. The van der Waals surface area contributed by atoms with Gasteiger partial charge in [0.25, 0.3) is 0 Å². The smallest absolute Gasteiger partial charge is 0.157 e. The van der Waals surface area contributed by atoms with Crippen molar-refractivity contribution in [1.82, 2.24) is 0 Å². The maximum Gasteiger partial charge on any atom is 0.157 e. The van der Waals surface area contributed by atoms with Crippen LogP contribution in [-0.2, 0) is 15.3 Å². The van der Waals surface area contributed by atoms with E-state index in [0.29, 0.717) is 6.54 Å². The number of hydrogen-bond acceptors (Lipinski definition) is 4. The van der Waals surface area contributed by atoms with Gasteiger partial charge in [0, 0.05) is 12.0 Å².